The lowest BCUT2D eigenvalue weighted by molar-refractivity contribution is 0.188. The third kappa shape index (κ3) is 6.18. The molecule has 1 atom stereocenters. The summed E-state index contributed by atoms with van der Waals surface area (Å²) in [4.78, 5) is 10.5. The minimum absolute atomic E-state index is 0.169. The molecule has 0 aromatic heterocycles. The van der Waals surface area contributed by atoms with E-state index in [0.717, 1.165) is 0 Å². The number of nitrogens with one attached hydrogen (secondary N) is 1. The fourth-order valence-corrected chi connectivity index (χ4v) is 2.47. The summed E-state index contributed by atoms with van der Waals surface area (Å²) in [5.74, 6) is 1.85. The van der Waals surface area contributed by atoms with Crippen LogP contribution in [-0.2, 0) is 0 Å². The normalized spacial score (nSPS) is 11.6. The van der Waals surface area contributed by atoms with Crippen LogP contribution in [0.2, 0.25) is 10.0 Å². The van der Waals surface area contributed by atoms with Gasteiger partial charge in [-0.05, 0) is 49.4 Å². The first-order chi connectivity index (χ1) is 11.4. The predicted molar refractivity (Wildman–Crippen MR) is 93.7 cm³/mol. The second-order valence-corrected chi connectivity index (χ2v) is 6.04. The summed E-state index contributed by atoms with van der Waals surface area (Å²) in [6, 6.07) is 11.9. The van der Waals surface area contributed by atoms with E-state index in [2.05, 4.69) is 5.32 Å². The molecular formula is C17H17Cl2NO4. The largest absolute Gasteiger partial charge is 0.494 e. The van der Waals surface area contributed by atoms with Crippen LogP contribution in [0.5, 0.6) is 17.2 Å². The Morgan fingerprint density at radius 1 is 1.08 bits per heavy atom. The van der Waals surface area contributed by atoms with E-state index in [-0.39, 0.29) is 6.04 Å². The lowest BCUT2D eigenvalue weighted by Gasteiger charge is -2.12. The number of halogens is 2. The lowest BCUT2D eigenvalue weighted by Crippen LogP contribution is -2.32. The first-order valence-corrected chi connectivity index (χ1v) is 8.04. The summed E-state index contributed by atoms with van der Waals surface area (Å²) in [6.45, 7) is 2.19. The molecule has 0 fully saturated rings. The Labute approximate surface area is 150 Å². The third-order valence-electron chi connectivity index (χ3n) is 3.08. The zero-order valence-electron chi connectivity index (χ0n) is 13.0. The maximum atomic E-state index is 10.5. The van der Waals surface area contributed by atoms with E-state index in [1.807, 2.05) is 0 Å². The van der Waals surface area contributed by atoms with E-state index < -0.39 is 6.09 Å². The Morgan fingerprint density at radius 3 is 2.25 bits per heavy atom. The molecule has 1 unspecified atom stereocenters. The molecule has 2 aromatic rings. The van der Waals surface area contributed by atoms with Crippen molar-refractivity contribution in [2.24, 2.45) is 0 Å². The smallest absolute Gasteiger partial charge is 0.404 e. The van der Waals surface area contributed by atoms with Gasteiger partial charge in [0.25, 0.3) is 0 Å². The first-order valence-electron chi connectivity index (χ1n) is 7.28. The van der Waals surface area contributed by atoms with Crippen LogP contribution in [0.15, 0.2) is 42.5 Å². The van der Waals surface area contributed by atoms with E-state index in [1.54, 1.807) is 49.4 Å². The van der Waals surface area contributed by atoms with Crippen LogP contribution < -0.4 is 14.8 Å². The molecule has 0 aliphatic heterocycles. The van der Waals surface area contributed by atoms with Crippen molar-refractivity contribution >= 4 is 29.3 Å². The van der Waals surface area contributed by atoms with Gasteiger partial charge in [-0.25, -0.2) is 4.79 Å². The summed E-state index contributed by atoms with van der Waals surface area (Å²) < 4.78 is 11.3. The van der Waals surface area contributed by atoms with Gasteiger partial charge < -0.3 is 19.9 Å². The maximum Gasteiger partial charge on any atom is 0.404 e. The molecule has 0 saturated carbocycles. The molecule has 0 radical (unpaired) electrons. The molecule has 5 nitrogen and oxygen atoms in total. The molecule has 24 heavy (non-hydrogen) atoms. The highest BCUT2D eigenvalue weighted by atomic mass is 35.5. The standard InChI is InChI=1S/C17H17Cl2NO4/c1-11(20-17(21)22)6-7-23-14-2-4-15(5-3-14)24-16-9-12(18)8-13(19)10-16/h2-5,8-11,20H,6-7H2,1H3,(H,21,22). The minimum atomic E-state index is -1.04. The highest BCUT2D eigenvalue weighted by Gasteiger charge is 2.06. The quantitative estimate of drug-likeness (QED) is 0.702. The number of amides is 1. The van der Waals surface area contributed by atoms with Gasteiger partial charge >= 0.3 is 6.09 Å². The molecule has 2 N–H and O–H groups in total. The summed E-state index contributed by atoms with van der Waals surface area (Å²) in [5, 5.41) is 12.0. The second kappa shape index (κ2) is 8.66. The van der Waals surface area contributed by atoms with E-state index in [9.17, 15) is 4.79 Å². The van der Waals surface area contributed by atoms with Gasteiger partial charge in [0, 0.05) is 22.5 Å². The third-order valence-corrected chi connectivity index (χ3v) is 3.52. The first kappa shape index (κ1) is 18.2. The zero-order chi connectivity index (χ0) is 17.5. The average molecular weight is 370 g/mol. The van der Waals surface area contributed by atoms with Crippen molar-refractivity contribution in [3.8, 4) is 17.2 Å². The number of hydrogen-bond donors (Lipinski definition) is 2. The maximum absolute atomic E-state index is 10.5. The van der Waals surface area contributed by atoms with Gasteiger partial charge in [0.2, 0.25) is 0 Å². The van der Waals surface area contributed by atoms with Crippen LogP contribution in [-0.4, -0.2) is 23.8 Å². The molecule has 2 rings (SSSR count). The molecule has 0 heterocycles. The topological polar surface area (TPSA) is 67.8 Å². The van der Waals surface area contributed by atoms with E-state index in [0.29, 0.717) is 40.3 Å². The van der Waals surface area contributed by atoms with E-state index >= 15 is 0 Å². The summed E-state index contributed by atoms with van der Waals surface area (Å²) in [5.41, 5.74) is 0. The number of rotatable bonds is 7. The highest BCUT2D eigenvalue weighted by Crippen LogP contribution is 2.29. The molecule has 0 saturated heterocycles. The fourth-order valence-electron chi connectivity index (χ4n) is 1.96. The van der Waals surface area contributed by atoms with Crippen LogP contribution in [0, 0.1) is 0 Å². The summed E-state index contributed by atoms with van der Waals surface area (Å²) in [6.07, 6.45) is -0.462. The van der Waals surface area contributed by atoms with Crippen molar-refractivity contribution in [3.05, 3.63) is 52.5 Å². The van der Waals surface area contributed by atoms with Crippen molar-refractivity contribution in [2.75, 3.05) is 6.61 Å². The van der Waals surface area contributed by atoms with Gasteiger partial charge in [-0.3, -0.25) is 0 Å². The number of benzene rings is 2. The van der Waals surface area contributed by atoms with Crippen LogP contribution in [0.1, 0.15) is 13.3 Å². The number of hydrogen-bond acceptors (Lipinski definition) is 3. The Morgan fingerprint density at radius 2 is 1.67 bits per heavy atom. The van der Waals surface area contributed by atoms with Gasteiger partial charge in [0.05, 0.1) is 6.61 Å². The highest BCUT2D eigenvalue weighted by molar-refractivity contribution is 6.34. The molecule has 1 amide bonds. The van der Waals surface area contributed by atoms with Gasteiger partial charge in [0.1, 0.15) is 17.2 Å². The molecule has 0 spiro atoms. The average Bonchev–Trinajstić information content (AvgIpc) is 2.47. The van der Waals surface area contributed by atoms with Crippen molar-refractivity contribution in [1.29, 1.82) is 0 Å². The minimum Gasteiger partial charge on any atom is -0.494 e. The molecule has 0 aliphatic carbocycles. The Hall–Kier alpha value is -2.11. The van der Waals surface area contributed by atoms with Crippen molar-refractivity contribution in [1.82, 2.24) is 5.32 Å². The van der Waals surface area contributed by atoms with E-state index in [4.69, 9.17) is 37.8 Å². The zero-order valence-corrected chi connectivity index (χ0v) is 14.5. The predicted octanol–water partition coefficient (Wildman–Crippen LogP) is 5.21. The molecule has 128 valence electrons. The van der Waals surface area contributed by atoms with Gasteiger partial charge in [0.15, 0.2) is 0 Å². The van der Waals surface area contributed by atoms with Crippen molar-refractivity contribution in [3.63, 3.8) is 0 Å². The lowest BCUT2D eigenvalue weighted by atomic mass is 10.2. The number of carbonyl (C=O) groups is 1. The number of ether oxygens (including phenoxy) is 2. The van der Waals surface area contributed by atoms with Crippen LogP contribution >= 0.6 is 23.2 Å². The van der Waals surface area contributed by atoms with E-state index in [1.165, 1.54) is 0 Å². The Kier molecular flexibility index (Phi) is 6.58. The van der Waals surface area contributed by atoms with Gasteiger partial charge in [-0.1, -0.05) is 23.2 Å². The molecule has 2 aromatic carbocycles. The Balaban J connectivity index is 1.85. The second-order valence-electron chi connectivity index (χ2n) is 5.17. The van der Waals surface area contributed by atoms with Gasteiger partial charge in [-0.2, -0.15) is 0 Å². The molecule has 7 heteroatoms. The molecular weight excluding hydrogens is 353 g/mol. The summed E-state index contributed by atoms with van der Waals surface area (Å²) in [7, 11) is 0. The van der Waals surface area contributed by atoms with Crippen LogP contribution in [0.3, 0.4) is 0 Å². The van der Waals surface area contributed by atoms with Crippen molar-refractivity contribution < 1.29 is 19.4 Å². The Bertz CT molecular complexity index is 671. The summed E-state index contributed by atoms with van der Waals surface area (Å²) >= 11 is 11.9. The molecule has 0 bridgehead atoms. The monoisotopic (exact) mass is 369 g/mol. The van der Waals surface area contributed by atoms with Gasteiger partial charge in [-0.15, -0.1) is 0 Å². The number of carboxylic acid groups (broad SMARTS) is 1. The van der Waals surface area contributed by atoms with Crippen LogP contribution in [0.25, 0.3) is 0 Å². The SMILES string of the molecule is CC(CCOc1ccc(Oc2cc(Cl)cc(Cl)c2)cc1)NC(=O)O. The molecule has 0 aliphatic rings. The van der Waals surface area contributed by atoms with Crippen molar-refractivity contribution in [2.45, 2.75) is 19.4 Å². The van der Waals surface area contributed by atoms with Crippen LogP contribution in [0.4, 0.5) is 4.79 Å². The fraction of sp³-hybridized carbons (Fsp3) is 0.235.